The molecule has 0 aromatic carbocycles. The van der Waals surface area contributed by atoms with E-state index in [0.717, 1.165) is 21.4 Å². The Morgan fingerprint density at radius 2 is 2.33 bits per heavy atom. The lowest BCUT2D eigenvalue weighted by molar-refractivity contribution is 1.15. The van der Waals surface area contributed by atoms with Crippen LogP contribution >= 0.6 is 28.1 Å². The summed E-state index contributed by atoms with van der Waals surface area (Å²) in [5, 5.41) is 0. The first-order valence-electron chi connectivity index (χ1n) is 4.48. The molecule has 2 rings (SSSR count). The fraction of sp³-hybridized carbons (Fsp3) is 0.200. The van der Waals surface area contributed by atoms with E-state index in [1.165, 1.54) is 0 Å². The largest absolute Gasteiger partial charge is 0.393 e. The summed E-state index contributed by atoms with van der Waals surface area (Å²) in [6.45, 7) is 2.03. The van der Waals surface area contributed by atoms with Crippen molar-refractivity contribution < 1.29 is 0 Å². The summed E-state index contributed by atoms with van der Waals surface area (Å²) in [5.41, 5.74) is 8.47. The Kier molecular flexibility index (Phi) is 2.75. The van der Waals surface area contributed by atoms with E-state index in [-0.39, 0.29) is 0 Å². The molecule has 5 heteroatoms. The third-order valence-electron chi connectivity index (χ3n) is 2.11. The fourth-order valence-electron chi connectivity index (χ4n) is 1.54. The van der Waals surface area contributed by atoms with E-state index in [2.05, 4.69) is 20.9 Å². The molecule has 0 atom stereocenters. The summed E-state index contributed by atoms with van der Waals surface area (Å²) >= 11 is 8.30. The van der Waals surface area contributed by atoms with Gasteiger partial charge in [-0.05, 0) is 34.5 Å². The normalized spacial score (nSPS) is 10.8. The van der Waals surface area contributed by atoms with Crippen LogP contribution < -0.4 is 5.73 Å². The molecule has 2 aromatic heterocycles. The number of rotatable bonds is 2. The Bertz CT molecular complexity index is 533. The second-order valence-corrected chi connectivity index (χ2v) is 4.89. The van der Waals surface area contributed by atoms with E-state index in [9.17, 15) is 0 Å². The molecule has 0 saturated carbocycles. The molecule has 0 aliphatic carbocycles. The van der Waals surface area contributed by atoms with Gasteiger partial charge >= 0.3 is 0 Å². The molecule has 0 fully saturated rings. The predicted octanol–water partition coefficient (Wildman–Crippen LogP) is 2.23. The number of aryl methyl sites for hydroxylation is 1. The van der Waals surface area contributed by atoms with E-state index in [1.807, 2.05) is 29.8 Å². The van der Waals surface area contributed by atoms with Gasteiger partial charge in [-0.1, -0.05) is 12.2 Å². The number of nitrogens with zero attached hydrogens (tertiary/aromatic N) is 2. The summed E-state index contributed by atoms with van der Waals surface area (Å²) in [6, 6.07) is 2.03. The van der Waals surface area contributed by atoms with Gasteiger partial charge in [0.25, 0.3) is 0 Å². The van der Waals surface area contributed by atoms with Gasteiger partial charge in [-0.3, -0.25) is 0 Å². The molecule has 0 unspecified atom stereocenters. The van der Waals surface area contributed by atoms with Crippen LogP contribution in [0.4, 0.5) is 0 Å². The SMILES string of the molecule is Cc1cc(Br)cn2cc(CC(N)=S)nc12. The molecule has 0 bridgehead atoms. The van der Waals surface area contributed by atoms with E-state index < -0.39 is 0 Å². The van der Waals surface area contributed by atoms with Crippen molar-refractivity contribution in [3.8, 4) is 0 Å². The summed E-state index contributed by atoms with van der Waals surface area (Å²) in [4.78, 5) is 4.94. The van der Waals surface area contributed by atoms with Gasteiger partial charge in [0.05, 0.1) is 10.7 Å². The summed E-state index contributed by atoms with van der Waals surface area (Å²) < 4.78 is 3.01. The van der Waals surface area contributed by atoms with Crippen molar-refractivity contribution in [2.24, 2.45) is 5.73 Å². The molecule has 2 heterocycles. The van der Waals surface area contributed by atoms with E-state index >= 15 is 0 Å². The molecule has 2 aromatic rings. The van der Waals surface area contributed by atoms with Crippen molar-refractivity contribution in [3.63, 3.8) is 0 Å². The lowest BCUT2D eigenvalue weighted by Gasteiger charge is -1.97. The number of aromatic nitrogens is 2. The molecular weight excluding hydrogens is 274 g/mol. The van der Waals surface area contributed by atoms with Gasteiger partial charge in [0.1, 0.15) is 5.65 Å². The third-order valence-corrected chi connectivity index (χ3v) is 2.69. The molecule has 0 aliphatic rings. The van der Waals surface area contributed by atoms with Gasteiger partial charge in [-0.15, -0.1) is 0 Å². The Balaban J connectivity index is 2.55. The molecule has 0 saturated heterocycles. The highest BCUT2D eigenvalue weighted by Crippen LogP contribution is 2.17. The fourth-order valence-corrected chi connectivity index (χ4v) is 2.25. The van der Waals surface area contributed by atoms with Crippen LogP contribution in [-0.2, 0) is 6.42 Å². The second kappa shape index (κ2) is 3.90. The average Bonchev–Trinajstić information content (AvgIpc) is 2.45. The molecule has 2 N–H and O–H groups in total. The maximum atomic E-state index is 5.49. The number of fused-ring (bicyclic) bond motifs is 1. The Morgan fingerprint density at radius 3 is 3.00 bits per heavy atom. The minimum absolute atomic E-state index is 0.468. The summed E-state index contributed by atoms with van der Waals surface area (Å²) in [5.74, 6) is 0. The Labute approximate surface area is 101 Å². The first kappa shape index (κ1) is 10.6. The summed E-state index contributed by atoms with van der Waals surface area (Å²) in [7, 11) is 0. The number of thiocarbonyl (C=S) groups is 1. The van der Waals surface area contributed by atoms with Crippen molar-refractivity contribution in [3.05, 3.63) is 34.2 Å². The molecule has 0 spiro atoms. The zero-order valence-electron chi connectivity index (χ0n) is 8.20. The second-order valence-electron chi connectivity index (χ2n) is 3.45. The smallest absolute Gasteiger partial charge is 0.140 e. The monoisotopic (exact) mass is 283 g/mol. The maximum absolute atomic E-state index is 5.49. The highest BCUT2D eigenvalue weighted by molar-refractivity contribution is 9.10. The predicted molar refractivity (Wildman–Crippen MR) is 68.1 cm³/mol. The van der Waals surface area contributed by atoms with Crippen molar-refractivity contribution >= 4 is 38.8 Å². The van der Waals surface area contributed by atoms with Crippen LogP contribution in [0.15, 0.2) is 22.9 Å². The minimum Gasteiger partial charge on any atom is -0.393 e. The van der Waals surface area contributed by atoms with E-state index in [0.29, 0.717) is 11.4 Å². The van der Waals surface area contributed by atoms with Crippen molar-refractivity contribution in [1.82, 2.24) is 9.38 Å². The molecular formula is C10H10BrN3S. The van der Waals surface area contributed by atoms with Crippen molar-refractivity contribution in [2.75, 3.05) is 0 Å². The standard InChI is InChI=1S/C10H10BrN3S/c1-6-2-7(11)4-14-5-8(3-9(12)15)13-10(6)14/h2,4-5H,3H2,1H3,(H2,12,15). The number of nitrogens with two attached hydrogens (primary N) is 1. The van der Waals surface area contributed by atoms with Gasteiger partial charge in [-0.2, -0.15) is 0 Å². The number of hydrogen-bond acceptors (Lipinski definition) is 2. The van der Waals surface area contributed by atoms with Gasteiger partial charge in [0.15, 0.2) is 0 Å². The number of hydrogen-bond donors (Lipinski definition) is 1. The molecule has 78 valence electrons. The average molecular weight is 284 g/mol. The minimum atomic E-state index is 0.468. The van der Waals surface area contributed by atoms with Gasteiger partial charge in [-0.25, -0.2) is 4.98 Å². The highest BCUT2D eigenvalue weighted by Gasteiger charge is 2.05. The maximum Gasteiger partial charge on any atom is 0.140 e. The van der Waals surface area contributed by atoms with Gasteiger partial charge in [0, 0.05) is 23.3 Å². The van der Waals surface area contributed by atoms with E-state index in [1.54, 1.807) is 0 Å². The number of pyridine rings is 1. The van der Waals surface area contributed by atoms with Crippen molar-refractivity contribution in [1.29, 1.82) is 0 Å². The quantitative estimate of drug-likeness (QED) is 0.860. The van der Waals surface area contributed by atoms with Crippen LogP contribution in [0.2, 0.25) is 0 Å². The van der Waals surface area contributed by atoms with Crippen LogP contribution in [0, 0.1) is 6.92 Å². The zero-order valence-corrected chi connectivity index (χ0v) is 10.6. The van der Waals surface area contributed by atoms with Crippen LogP contribution in [-0.4, -0.2) is 14.4 Å². The lowest BCUT2D eigenvalue weighted by Crippen LogP contribution is -2.11. The van der Waals surface area contributed by atoms with Crippen LogP contribution in [0.3, 0.4) is 0 Å². The molecule has 0 aliphatic heterocycles. The Morgan fingerprint density at radius 1 is 1.60 bits per heavy atom. The molecule has 0 radical (unpaired) electrons. The topological polar surface area (TPSA) is 43.3 Å². The molecule has 15 heavy (non-hydrogen) atoms. The Hall–Kier alpha value is -0.940. The van der Waals surface area contributed by atoms with Crippen LogP contribution in [0.1, 0.15) is 11.3 Å². The zero-order chi connectivity index (χ0) is 11.0. The van der Waals surface area contributed by atoms with Crippen molar-refractivity contribution in [2.45, 2.75) is 13.3 Å². The lowest BCUT2D eigenvalue weighted by atomic mass is 10.3. The first-order valence-corrected chi connectivity index (χ1v) is 5.68. The number of imidazole rings is 1. The van der Waals surface area contributed by atoms with Crippen LogP contribution in [0.25, 0.3) is 5.65 Å². The first-order chi connectivity index (χ1) is 7.06. The van der Waals surface area contributed by atoms with Gasteiger partial charge < -0.3 is 10.1 Å². The summed E-state index contributed by atoms with van der Waals surface area (Å²) in [6.07, 6.45) is 4.47. The van der Waals surface area contributed by atoms with E-state index in [4.69, 9.17) is 18.0 Å². The molecule has 0 amide bonds. The van der Waals surface area contributed by atoms with Gasteiger partial charge in [0.2, 0.25) is 0 Å². The number of halogens is 1. The highest BCUT2D eigenvalue weighted by atomic mass is 79.9. The molecule has 3 nitrogen and oxygen atoms in total. The van der Waals surface area contributed by atoms with Crippen LogP contribution in [0.5, 0.6) is 0 Å². The third kappa shape index (κ3) is 2.18.